The van der Waals surface area contributed by atoms with Gasteiger partial charge in [-0.2, -0.15) is 0 Å². The predicted octanol–water partition coefficient (Wildman–Crippen LogP) is 2.93. The second-order valence-corrected chi connectivity index (χ2v) is 7.33. The van der Waals surface area contributed by atoms with Crippen LogP contribution in [0.15, 0.2) is 8.95 Å². The Bertz CT molecular complexity index is 737. The van der Waals surface area contributed by atoms with Gasteiger partial charge in [0.1, 0.15) is 11.3 Å². The first-order valence-electron chi connectivity index (χ1n) is 7.62. The molecule has 22 heavy (non-hydrogen) atoms. The molecule has 0 saturated carbocycles. The lowest BCUT2D eigenvalue weighted by atomic mass is 10.0. The van der Waals surface area contributed by atoms with E-state index in [1.165, 1.54) is 11.1 Å². The van der Waals surface area contributed by atoms with Crippen molar-refractivity contribution in [3.63, 3.8) is 0 Å². The van der Waals surface area contributed by atoms with Gasteiger partial charge in [-0.05, 0) is 50.3 Å². The molecule has 0 bridgehead atoms. The van der Waals surface area contributed by atoms with Crippen molar-refractivity contribution in [2.45, 2.75) is 19.4 Å². The monoisotopic (exact) mass is 428 g/mol. The SMILES string of the molecule is COc1c(Br)c2c3c(nc(N4CCNCC4)n3CCC2)c1Br. The fourth-order valence-corrected chi connectivity index (χ4v) is 5.13. The lowest BCUT2D eigenvalue weighted by Gasteiger charge is -2.29. The van der Waals surface area contributed by atoms with Crippen molar-refractivity contribution in [3.8, 4) is 5.75 Å². The normalized spacial score (nSPS) is 18.0. The predicted molar refractivity (Wildman–Crippen MR) is 95.1 cm³/mol. The minimum atomic E-state index is 0.848. The van der Waals surface area contributed by atoms with Crippen LogP contribution in [0.4, 0.5) is 5.95 Å². The number of aromatic nitrogens is 2. The molecule has 3 heterocycles. The Labute approximate surface area is 146 Å². The molecule has 1 N–H and O–H groups in total. The third kappa shape index (κ3) is 2.09. The van der Waals surface area contributed by atoms with E-state index in [1.807, 2.05) is 0 Å². The topological polar surface area (TPSA) is 42.3 Å². The number of benzene rings is 1. The average molecular weight is 430 g/mol. The van der Waals surface area contributed by atoms with Gasteiger partial charge >= 0.3 is 0 Å². The number of methoxy groups -OCH3 is 1. The highest BCUT2D eigenvalue weighted by molar-refractivity contribution is 9.11. The molecule has 4 rings (SSSR count). The zero-order valence-corrected chi connectivity index (χ0v) is 15.6. The van der Waals surface area contributed by atoms with E-state index in [0.717, 1.165) is 71.7 Å². The molecule has 0 aliphatic carbocycles. The van der Waals surface area contributed by atoms with Crippen LogP contribution in [-0.4, -0.2) is 42.8 Å². The highest BCUT2D eigenvalue weighted by Gasteiger charge is 2.28. The highest BCUT2D eigenvalue weighted by Crippen LogP contribution is 2.45. The quantitative estimate of drug-likeness (QED) is 0.796. The number of imidazole rings is 1. The van der Waals surface area contributed by atoms with Crippen LogP contribution in [-0.2, 0) is 13.0 Å². The number of halogens is 2. The molecular weight excluding hydrogens is 412 g/mol. The Hall–Kier alpha value is -0.790. The van der Waals surface area contributed by atoms with Gasteiger partial charge in [0.05, 0.1) is 21.6 Å². The molecule has 1 aromatic carbocycles. The largest absolute Gasteiger partial charge is 0.494 e. The van der Waals surface area contributed by atoms with Gasteiger partial charge in [0.2, 0.25) is 5.95 Å². The van der Waals surface area contributed by atoms with Crippen LogP contribution in [0.1, 0.15) is 12.0 Å². The molecular formula is C15H18Br2N4O. The number of rotatable bonds is 2. The van der Waals surface area contributed by atoms with Crippen LogP contribution in [0.3, 0.4) is 0 Å². The maximum atomic E-state index is 5.58. The van der Waals surface area contributed by atoms with Gasteiger partial charge in [-0.25, -0.2) is 4.98 Å². The molecule has 1 aromatic heterocycles. The molecule has 2 aliphatic heterocycles. The van der Waals surface area contributed by atoms with Crippen molar-refractivity contribution in [3.05, 3.63) is 14.5 Å². The molecule has 0 atom stereocenters. The zero-order chi connectivity index (χ0) is 15.3. The summed E-state index contributed by atoms with van der Waals surface area (Å²) in [6.45, 7) is 5.09. The summed E-state index contributed by atoms with van der Waals surface area (Å²) in [7, 11) is 1.71. The van der Waals surface area contributed by atoms with E-state index in [-0.39, 0.29) is 0 Å². The van der Waals surface area contributed by atoms with Crippen molar-refractivity contribution in [1.82, 2.24) is 14.9 Å². The van der Waals surface area contributed by atoms with E-state index in [2.05, 4.69) is 46.6 Å². The van der Waals surface area contributed by atoms with Crippen LogP contribution in [0, 0.1) is 0 Å². The summed E-state index contributed by atoms with van der Waals surface area (Å²) in [5.41, 5.74) is 3.58. The second-order valence-electron chi connectivity index (χ2n) is 5.74. The van der Waals surface area contributed by atoms with E-state index >= 15 is 0 Å². The minimum Gasteiger partial charge on any atom is -0.494 e. The Morgan fingerprint density at radius 3 is 2.64 bits per heavy atom. The molecule has 2 aliphatic rings. The molecule has 1 fully saturated rings. The maximum absolute atomic E-state index is 5.58. The van der Waals surface area contributed by atoms with Crippen molar-refractivity contribution in [2.75, 3.05) is 38.2 Å². The van der Waals surface area contributed by atoms with Gasteiger partial charge in [0.25, 0.3) is 0 Å². The summed E-state index contributed by atoms with van der Waals surface area (Å²) in [6, 6.07) is 0. The van der Waals surface area contributed by atoms with Gasteiger partial charge in [0.15, 0.2) is 0 Å². The fraction of sp³-hybridized carbons (Fsp3) is 0.533. The number of nitrogens with zero attached hydrogens (tertiary/aromatic N) is 3. The van der Waals surface area contributed by atoms with Gasteiger partial charge in [-0.3, -0.25) is 0 Å². The smallest absolute Gasteiger partial charge is 0.206 e. The van der Waals surface area contributed by atoms with E-state index in [1.54, 1.807) is 7.11 Å². The molecule has 0 amide bonds. The lowest BCUT2D eigenvalue weighted by Crippen LogP contribution is -2.44. The Morgan fingerprint density at radius 1 is 1.14 bits per heavy atom. The van der Waals surface area contributed by atoms with E-state index in [4.69, 9.17) is 9.72 Å². The van der Waals surface area contributed by atoms with Crippen molar-refractivity contribution in [1.29, 1.82) is 0 Å². The van der Waals surface area contributed by atoms with Crippen LogP contribution >= 0.6 is 31.9 Å². The van der Waals surface area contributed by atoms with E-state index in [0.29, 0.717) is 0 Å². The molecule has 7 heteroatoms. The van der Waals surface area contributed by atoms with Gasteiger partial charge in [0, 0.05) is 32.7 Å². The zero-order valence-electron chi connectivity index (χ0n) is 12.5. The van der Waals surface area contributed by atoms with Crippen molar-refractivity contribution in [2.24, 2.45) is 0 Å². The first-order valence-corrected chi connectivity index (χ1v) is 9.20. The first kappa shape index (κ1) is 14.8. The summed E-state index contributed by atoms with van der Waals surface area (Å²) >= 11 is 7.42. The molecule has 118 valence electrons. The van der Waals surface area contributed by atoms with Crippen LogP contribution in [0.5, 0.6) is 5.75 Å². The summed E-state index contributed by atoms with van der Waals surface area (Å²) in [5, 5.41) is 3.40. The van der Waals surface area contributed by atoms with Crippen molar-refractivity contribution < 1.29 is 4.74 Å². The molecule has 1 saturated heterocycles. The molecule has 0 radical (unpaired) electrons. The van der Waals surface area contributed by atoms with Crippen LogP contribution < -0.4 is 15.0 Å². The maximum Gasteiger partial charge on any atom is 0.206 e. The Morgan fingerprint density at radius 2 is 1.91 bits per heavy atom. The molecule has 2 aromatic rings. The Kier molecular flexibility index (Phi) is 3.82. The number of piperazine rings is 1. The highest BCUT2D eigenvalue weighted by atomic mass is 79.9. The van der Waals surface area contributed by atoms with Crippen molar-refractivity contribution >= 4 is 48.8 Å². The second kappa shape index (κ2) is 5.69. The molecule has 0 spiro atoms. The number of aryl methyl sites for hydroxylation is 2. The van der Waals surface area contributed by atoms with Gasteiger partial charge in [-0.15, -0.1) is 0 Å². The summed E-state index contributed by atoms with van der Waals surface area (Å²) in [5.74, 6) is 1.94. The summed E-state index contributed by atoms with van der Waals surface area (Å²) in [6.07, 6.45) is 2.20. The number of nitrogens with one attached hydrogen (secondary N) is 1. The number of hydrogen-bond donors (Lipinski definition) is 1. The third-order valence-corrected chi connectivity index (χ3v) is 6.09. The summed E-state index contributed by atoms with van der Waals surface area (Å²) in [4.78, 5) is 7.36. The van der Waals surface area contributed by atoms with Gasteiger partial charge < -0.3 is 19.5 Å². The van der Waals surface area contributed by atoms with E-state index in [9.17, 15) is 0 Å². The Balaban J connectivity index is 1.98. The number of anilines is 1. The minimum absolute atomic E-state index is 0.848. The van der Waals surface area contributed by atoms with Crippen LogP contribution in [0.2, 0.25) is 0 Å². The fourth-order valence-electron chi connectivity index (χ4n) is 3.48. The van der Waals surface area contributed by atoms with Crippen LogP contribution in [0.25, 0.3) is 11.0 Å². The third-order valence-electron chi connectivity index (χ3n) is 4.52. The average Bonchev–Trinajstić information content (AvgIpc) is 2.95. The number of ether oxygens (including phenoxy) is 1. The standard InChI is InChI=1S/C15H18Br2N4O/c1-22-14-10(16)9-3-2-6-21-13(9)12(11(14)17)19-15(21)20-7-4-18-5-8-20/h18H,2-8H2,1H3. The van der Waals surface area contributed by atoms with E-state index < -0.39 is 0 Å². The number of hydrogen-bond acceptors (Lipinski definition) is 4. The molecule has 0 unspecified atom stereocenters. The van der Waals surface area contributed by atoms with Gasteiger partial charge in [-0.1, -0.05) is 0 Å². The lowest BCUT2D eigenvalue weighted by molar-refractivity contribution is 0.409. The molecule has 5 nitrogen and oxygen atoms in total. The first-order chi connectivity index (χ1) is 10.7. The summed E-state index contributed by atoms with van der Waals surface area (Å²) < 4.78 is 9.96.